The Bertz CT molecular complexity index is 443. The van der Waals surface area contributed by atoms with Crippen LogP contribution in [0.15, 0.2) is 23.1 Å². The molecule has 2 N–H and O–H groups in total. The maximum atomic E-state index is 12.3. The van der Waals surface area contributed by atoms with Gasteiger partial charge in [0.05, 0.1) is 4.90 Å². The summed E-state index contributed by atoms with van der Waals surface area (Å²) < 4.78 is 46.3. The lowest BCUT2D eigenvalue weighted by Gasteiger charge is -2.05. The molecule has 0 spiro atoms. The van der Waals surface area contributed by atoms with E-state index in [0.717, 1.165) is 18.2 Å². The number of halogens is 2. The van der Waals surface area contributed by atoms with Crippen molar-refractivity contribution < 1.29 is 17.2 Å². The molecule has 0 aromatic heterocycles. The van der Waals surface area contributed by atoms with Crippen LogP contribution in [0.4, 0.5) is 8.78 Å². The molecule has 14 heavy (non-hydrogen) atoms. The largest absolute Gasteiger partial charge is 0.264 e. The van der Waals surface area contributed by atoms with Crippen LogP contribution in [0.5, 0.6) is 0 Å². The van der Waals surface area contributed by atoms with Gasteiger partial charge in [-0.2, -0.15) is 0 Å². The second kappa shape index (κ2) is 3.62. The van der Waals surface area contributed by atoms with Gasteiger partial charge in [-0.1, -0.05) is 6.07 Å². The number of nitrogens with two attached hydrogens (primary N) is 1. The number of hydrogen-bond donors (Lipinski definition) is 1. The van der Waals surface area contributed by atoms with Crippen molar-refractivity contribution in [3.63, 3.8) is 0 Å². The van der Waals surface area contributed by atoms with Crippen LogP contribution in [0.25, 0.3) is 0 Å². The molecule has 0 heterocycles. The zero-order chi connectivity index (χ0) is 10.9. The van der Waals surface area contributed by atoms with Gasteiger partial charge in [0, 0.05) is 5.56 Å². The molecular formula is C8H9F2NO2S. The number of benzene rings is 1. The first-order chi connectivity index (χ1) is 6.32. The van der Waals surface area contributed by atoms with Crippen LogP contribution in [0.3, 0.4) is 0 Å². The number of primary sulfonamides is 1. The van der Waals surface area contributed by atoms with E-state index in [2.05, 4.69) is 0 Å². The summed E-state index contributed by atoms with van der Waals surface area (Å²) in [6.07, 6.45) is -2.61. The van der Waals surface area contributed by atoms with E-state index < -0.39 is 16.4 Å². The van der Waals surface area contributed by atoms with Gasteiger partial charge >= 0.3 is 0 Å². The standard InChI is InChI=1S/C8H9F2NO2S/c1-5-4-6(14(11,12)13)2-3-7(5)8(9)10/h2-4,8H,1H3,(H2,11,12,13). The summed E-state index contributed by atoms with van der Waals surface area (Å²) in [5.41, 5.74) is 0.0314. The van der Waals surface area contributed by atoms with Gasteiger partial charge in [0.2, 0.25) is 10.0 Å². The lowest BCUT2D eigenvalue weighted by atomic mass is 10.1. The number of hydrogen-bond acceptors (Lipinski definition) is 2. The van der Waals surface area contributed by atoms with Crippen LogP contribution in [-0.4, -0.2) is 8.42 Å². The Kier molecular flexibility index (Phi) is 2.86. The van der Waals surface area contributed by atoms with Gasteiger partial charge in [0.1, 0.15) is 0 Å². The monoisotopic (exact) mass is 221 g/mol. The summed E-state index contributed by atoms with van der Waals surface area (Å²) in [5.74, 6) is 0. The molecule has 0 saturated heterocycles. The maximum absolute atomic E-state index is 12.3. The van der Waals surface area contributed by atoms with Crippen molar-refractivity contribution in [1.82, 2.24) is 0 Å². The fourth-order valence-corrected chi connectivity index (χ4v) is 1.67. The lowest BCUT2D eigenvalue weighted by Crippen LogP contribution is -2.12. The van der Waals surface area contributed by atoms with E-state index in [9.17, 15) is 17.2 Å². The third-order valence-electron chi connectivity index (χ3n) is 1.80. The first-order valence-electron chi connectivity index (χ1n) is 3.74. The van der Waals surface area contributed by atoms with Crippen LogP contribution in [0.1, 0.15) is 17.6 Å². The van der Waals surface area contributed by atoms with Gasteiger partial charge in [0.25, 0.3) is 6.43 Å². The summed E-state index contributed by atoms with van der Waals surface area (Å²) in [4.78, 5) is -0.153. The molecule has 0 bridgehead atoms. The highest BCUT2D eigenvalue weighted by Gasteiger charge is 2.14. The molecule has 0 aliphatic heterocycles. The summed E-state index contributed by atoms with van der Waals surface area (Å²) in [7, 11) is -3.81. The molecule has 0 amide bonds. The molecule has 0 unspecified atom stereocenters. The molecule has 0 radical (unpaired) electrons. The van der Waals surface area contributed by atoms with Crippen molar-refractivity contribution in [2.75, 3.05) is 0 Å². The van der Waals surface area contributed by atoms with Crippen molar-refractivity contribution in [1.29, 1.82) is 0 Å². The Hall–Kier alpha value is -1.01. The van der Waals surface area contributed by atoms with Crippen LogP contribution in [0, 0.1) is 6.92 Å². The molecule has 1 rings (SSSR count). The fourth-order valence-electron chi connectivity index (χ4n) is 1.07. The highest BCUT2D eigenvalue weighted by atomic mass is 32.2. The quantitative estimate of drug-likeness (QED) is 0.824. The van der Waals surface area contributed by atoms with Gasteiger partial charge in [-0.3, -0.25) is 0 Å². The lowest BCUT2D eigenvalue weighted by molar-refractivity contribution is 0.150. The smallest absolute Gasteiger partial charge is 0.225 e. The number of alkyl halides is 2. The second-order valence-electron chi connectivity index (χ2n) is 2.86. The first-order valence-corrected chi connectivity index (χ1v) is 5.28. The van der Waals surface area contributed by atoms with Crippen LogP contribution >= 0.6 is 0 Å². The number of aryl methyl sites for hydroxylation is 1. The van der Waals surface area contributed by atoms with E-state index in [0.29, 0.717) is 0 Å². The van der Waals surface area contributed by atoms with Crippen LogP contribution < -0.4 is 5.14 Å². The summed E-state index contributed by atoms with van der Waals surface area (Å²) in [5, 5.41) is 4.84. The number of sulfonamides is 1. The molecule has 1 aromatic rings. The molecule has 6 heteroatoms. The second-order valence-corrected chi connectivity index (χ2v) is 4.43. The molecule has 0 fully saturated rings. The Morgan fingerprint density at radius 2 is 1.93 bits per heavy atom. The molecule has 78 valence electrons. The van der Waals surface area contributed by atoms with E-state index >= 15 is 0 Å². The summed E-state index contributed by atoms with van der Waals surface area (Å²) in [6, 6.07) is 3.28. The maximum Gasteiger partial charge on any atom is 0.264 e. The van der Waals surface area contributed by atoms with E-state index in [1.807, 2.05) is 0 Å². The molecule has 0 saturated carbocycles. The Balaban J connectivity index is 3.27. The average Bonchev–Trinajstić information content (AvgIpc) is 2.01. The van der Waals surface area contributed by atoms with E-state index in [-0.39, 0.29) is 16.0 Å². The van der Waals surface area contributed by atoms with Crippen molar-refractivity contribution in [2.45, 2.75) is 18.2 Å². The van der Waals surface area contributed by atoms with E-state index in [4.69, 9.17) is 5.14 Å². The van der Waals surface area contributed by atoms with Crippen LogP contribution in [-0.2, 0) is 10.0 Å². The van der Waals surface area contributed by atoms with Crippen molar-refractivity contribution in [3.05, 3.63) is 29.3 Å². The van der Waals surface area contributed by atoms with Crippen molar-refractivity contribution in [2.24, 2.45) is 5.14 Å². The molecule has 1 aromatic carbocycles. The van der Waals surface area contributed by atoms with Gasteiger partial charge in [-0.05, 0) is 24.6 Å². The Morgan fingerprint density at radius 3 is 2.29 bits per heavy atom. The van der Waals surface area contributed by atoms with Gasteiger partial charge in [0.15, 0.2) is 0 Å². The minimum atomic E-state index is -3.81. The van der Waals surface area contributed by atoms with E-state index in [1.54, 1.807) is 0 Å². The van der Waals surface area contributed by atoms with Crippen LogP contribution in [0.2, 0.25) is 0 Å². The SMILES string of the molecule is Cc1cc(S(N)(=O)=O)ccc1C(F)F. The van der Waals surface area contributed by atoms with Crippen molar-refractivity contribution >= 4 is 10.0 Å². The summed E-state index contributed by atoms with van der Waals surface area (Å²) in [6.45, 7) is 1.41. The average molecular weight is 221 g/mol. The summed E-state index contributed by atoms with van der Waals surface area (Å²) >= 11 is 0. The predicted octanol–water partition coefficient (Wildman–Crippen LogP) is 1.58. The third-order valence-corrected chi connectivity index (χ3v) is 2.72. The minimum absolute atomic E-state index is 0.153. The normalized spacial score (nSPS) is 12.1. The molecule has 0 aliphatic carbocycles. The molecule has 3 nitrogen and oxygen atoms in total. The Labute approximate surface area is 80.6 Å². The number of rotatable bonds is 2. The topological polar surface area (TPSA) is 60.2 Å². The third kappa shape index (κ3) is 2.27. The molecule has 0 atom stereocenters. The first kappa shape index (κ1) is 11.1. The zero-order valence-corrected chi connectivity index (χ0v) is 8.18. The predicted molar refractivity (Wildman–Crippen MR) is 47.5 cm³/mol. The van der Waals surface area contributed by atoms with Gasteiger partial charge in [-0.25, -0.2) is 22.3 Å². The van der Waals surface area contributed by atoms with Crippen molar-refractivity contribution in [3.8, 4) is 0 Å². The van der Waals surface area contributed by atoms with Gasteiger partial charge < -0.3 is 0 Å². The Morgan fingerprint density at radius 1 is 1.36 bits per heavy atom. The molecule has 0 aliphatic rings. The zero-order valence-electron chi connectivity index (χ0n) is 7.37. The van der Waals surface area contributed by atoms with Gasteiger partial charge in [-0.15, -0.1) is 0 Å². The highest BCUT2D eigenvalue weighted by molar-refractivity contribution is 7.89. The van der Waals surface area contributed by atoms with E-state index in [1.165, 1.54) is 6.92 Å². The minimum Gasteiger partial charge on any atom is -0.225 e. The molecular weight excluding hydrogens is 212 g/mol. The highest BCUT2D eigenvalue weighted by Crippen LogP contribution is 2.24. The fraction of sp³-hybridized carbons (Fsp3) is 0.250.